The smallest absolute Gasteiger partial charge is 0.0666 e. The Hall–Kier alpha value is 0.640. The minimum absolute atomic E-state index is 1.13. The predicted octanol–water partition coefficient (Wildman–Crippen LogP) is 4.67. The molecule has 0 unspecified atom stereocenters. The van der Waals surface area contributed by atoms with Gasteiger partial charge >= 0.3 is 0 Å². The van der Waals surface area contributed by atoms with E-state index in [-0.39, 0.29) is 0 Å². The van der Waals surface area contributed by atoms with E-state index in [1.165, 1.54) is 22.1 Å². The lowest BCUT2D eigenvalue weighted by atomic mass is 10.1. The van der Waals surface area contributed by atoms with Crippen molar-refractivity contribution in [1.29, 1.82) is 0 Å². The van der Waals surface area contributed by atoms with E-state index in [4.69, 9.17) is 0 Å². The number of fused-ring (bicyclic) bond motifs is 1. The van der Waals surface area contributed by atoms with Crippen LogP contribution < -0.4 is 0 Å². The zero-order chi connectivity index (χ0) is 9.42. The van der Waals surface area contributed by atoms with E-state index in [9.17, 15) is 0 Å². The molecule has 0 aliphatic heterocycles. The molecule has 0 fully saturated rings. The van der Waals surface area contributed by atoms with Gasteiger partial charge in [0.25, 0.3) is 0 Å². The van der Waals surface area contributed by atoms with Gasteiger partial charge in [0.1, 0.15) is 0 Å². The third-order valence-corrected chi connectivity index (χ3v) is 5.20. The molecule has 0 saturated heterocycles. The average Bonchev–Trinajstić information content (AvgIpc) is 2.47. The van der Waals surface area contributed by atoms with Gasteiger partial charge in [-0.25, -0.2) is 0 Å². The van der Waals surface area contributed by atoms with Crippen molar-refractivity contribution in [3.05, 3.63) is 30.2 Å². The van der Waals surface area contributed by atoms with Crippen molar-refractivity contribution in [2.45, 2.75) is 13.3 Å². The SMILES string of the molecule is CCc1ccc2sc(I)cc2c1I. The minimum Gasteiger partial charge on any atom is -0.129 e. The third kappa shape index (κ3) is 1.87. The summed E-state index contributed by atoms with van der Waals surface area (Å²) in [7, 11) is 0. The summed E-state index contributed by atoms with van der Waals surface area (Å²) in [6.07, 6.45) is 1.13. The molecule has 0 aliphatic carbocycles. The van der Waals surface area contributed by atoms with Crippen LogP contribution in [0.1, 0.15) is 12.5 Å². The molecule has 2 rings (SSSR count). The lowest BCUT2D eigenvalue weighted by Crippen LogP contribution is -1.84. The summed E-state index contributed by atoms with van der Waals surface area (Å²) in [4.78, 5) is 0. The van der Waals surface area contributed by atoms with Crippen molar-refractivity contribution in [2.75, 3.05) is 0 Å². The molecule has 13 heavy (non-hydrogen) atoms. The van der Waals surface area contributed by atoms with Crippen molar-refractivity contribution >= 4 is 66.6 Å². The molecule has 0 amide bonds. The summed E-state index contributed by atoms with van der Waals surface area (Å²) in [6.45, 7) is 2.21. The number of aryl methyl sites for hydroxylation is 1. The molecule has 0 nitrogen and oxygen atoms in total. The minimum atomic E-state index is 1.13. The highest BCUT2D eigenvalue weighted by Crippen LogP contribution is 2.32. The van der Waals surface area contributed by atoms with Crippen LogP contribution in [0, 0.1) is 6.45 Å². The lowest BCUT2D eigenvalue weighted by Gasteiger charge is -2.01. The molecule has 0 atom stereocenters. The van der Waals surface area contributed by atoms with Gasteiger partial charge < -0.3 is 0 Å². The Labute approximate surface area is 109 Å². The monoisotopic (exact) mass is 414 g/mol. The standard InChI is InChI=1S/C10H8I2S/c1-2-6-3-4-8-7(10(6)12)5-9(11)13-8/h3-5H,2H2,1H3. The van der Waals surface area contributed by atoms with E-state index in [2.05, 4.69) is 70.3 Å². The molecule has 0 aliphatic rings. The lowest BCUT2D eigenvalue weighted by molar-refractivity contribution is 1.13. The number of halogens is 2. The summed E-state index contributed by atoms with van der Waals surface area (Å²) < 4.78 is 4.21. The molecule has 68 valence electrons. The van der Waals surface area contributed by atoms with Gasteiger partial charge in [-0.05, 0) is 69.3 Å². The van der Waals surface area contributed by atoms with Gasteiger partial charge in [0.05, 0.1) is 2.88 Å². The van der Waals surface area contributed by atoms with Crippen LogP contribution in [0.25, 0.3) is 10.1 Å². The number of hydrogen-bond donors (Lipinski definition) is 0. The molecule has 1 aromatic carbocycles. The number of hydrogen-bond acceptors (Lipinski definition) is 1. The Balaban J connectivity index is 2.78. The second-order valence-electron chi connectivity index (χ2n) is 2.85. The molecule has 0 radical (unpaired) electrons. The number of rotatable bonds is 1. The maximum absolute atomic E-state index is 2.46. The molecule has 0 bridgehead atoms. The Bertz CT molecular complexity index is 445. The molecular formula is C10H8I2S. The molecule has 0 N–H and O–H groups in total. The van der Waals surface area contributed by atoms with E-state index in [1.807, 2.05) is 11.3 Å². The molecule has 0 spiro atoms. The van der Waals surface area contributed by atoms with Gasteiger partial charge in [0.15, 0.2) is 0 Å². The number of thiophene rings is 1. The topological polar surface area (TPSA) is 0 Å². The first-order chi connectivity index (χ1) is 6.22. The van der Waals surface area contributed by atoms with Crippen molar-refractivity contribution in [1.82, 2.24) is 0 Å². The molecule has 2 aromatic rings. The van der Waals surface area contributed by atoms with Crippen molar-refractivity contribution in [3.63, 3.8) is 0 Å². The van der Waals surface area contributed by atoms with Gasteiger partial charge in [-0.1, -0.05) is 13.0 Å². The van der Waals surface area contributed by atoms with E-state index < -0.39 is 0 Å². The highest BCUT2D eigenvalue weighted by atomic mass is 127. The van der Waals surface area contributed by atoms with Crippen LogP contribution in [0.15, 0.2) is 18.2 Å². The van der Waals surface area contributed by atoms with E-state index >= 15 is 0 Å². The van der Waals surface area contributed by atoms with Gasteiger partial charge in [0.2, 0.25) is 0 Å². The number of benzene rings is 1. The zero-order valence-electron chi connectivity index (χ0n) is 7.10. The van der Waals surface area contributed by atoms with Crippen LogP contribution >= 0.6 is 56.5 Å². The van der Waals surface area contributed by atoms with Gasteiger partial charge in [-0.2, -0.15) is 0 Å². The van der Waals surface area contributed by atoms with Crippen molar-refractivity contribution < 1.29 is 0 Å². The van der Waals surface area contributed by atoms with Crippen LogP contribution in [0.2, 0.25) is 0 Å². The summed E-state index contributed by atoms with van der Waals surface area (Å²) in [5, 5.41) is 1.43. The quantitative estimate of drug-likeness (QED) is 0.596. The van der Waals surface area contributed by atoms with Crippen molar-refractivity contribution in [2.24, 2.45) is 0 Å². The second kappa shape index (κ2) is 4.02. The summed E-state index contributed by atoms with van der Waals surface area (Å²) >= 11 is 6.71. The first-order valence-corrected chi connectivity index (χ1v) is 7.06. The zero-order valence-corrected chi connectivity index (χ0v) is 12.2. The third-order valence-electron chi connectivity index (χ3n) is 2.07. The summed E-state index contributed by atoms with van der Waals surface area (Å²) in [5.74, 6) is 0. The fraction of sp³-hybridized carbons (Fsp3) is 0.200. The summed E-state index contributed by atoms with van der Waals surface area (Å²) in [5.41, 5.74) is 1.46. The second-order valence-corrected chi connectivity index (χ2v) is 6.91. The van der Waals surface area contributed by atoms with Crippen LogP contribution in [0.4, 0.5) is 0 Å². The Morgan fingerprint density at radius 3 is 2.77 bits per heavy atom. The van der Waals surface area contributed by atoms with E-state index in [0.29, 0.717) is 0 Å². The molecule has 1 heterocycles. The Morgan fingerprint density at radius 1 is 1.31 bits per heavy atom. The van der Waals surface area contributed by atoms with Crippen LogP contribution in [0.5, 0.6) is 0 Å². The highest BCUT2D eigenvalue weighted by Gasteiger charge is 2.06. The molecule has 0 saturated carbocycles. The molecular weight excluding hydrogens is 406 g/mol. The predicted molar refractivity (Wildman–Crippen MR) is 76.6 cm³/mol. The Morgan fingerprint density at radius 2 is 2.08 bits per heavy atom. The molecule has 3 heteroatoms. The maximum atomic E-state index is 2.46. The fourth-order valence-electron chi connectivity index (χ4n) is 1.36. The van der Waals surface area contributed by atoms with Gasteiger partial charge in [0, 0.05) is 13.7 Å². The van der Waals surface area contributed by atoms with Gasteiger partial charge in [-0.3, -0.25) is 0 Å². The summed E-state index contributed by atoms with van der Waals surface area (Å²) in [6, 6.07) is 6.77. The van der Waals surface area contributed by atoms with Crippen molar-refractivity contribution in [3.8, 4) is 0 Å². The van der Waals surface area contributed by atoms with E-state index in [1.54, 1.807) is 0 Å². The highest BCUT2D eigenvalue weighted by molar-refractivity contribution is 14.1. The van der Waals surface area contributed by atoms with Crippen LogP contribution in [0.3, 0.4) is 0 Å². The first-order valence-electron chi connectivity index (χ1n) is 4.08. The first kappa shape index (κ1) is 10.2. The van der Waals surface area contributed by atoms with Crippen LogP contribution in [-0.4, -0.2) is 0 Å². The average molecular weight is 414 g/mol. The van der Waals surface area contributed by atoms with Crippen LogP contribution in [-0.2, 0) is 6.42 Å². The fourth-order valence-corrected chi connectivity index (χ4v) is 4.37. The van der Waals surface area contributed by atoms with E-state index in [0.717, 1.165) is 6.42 Å². The van der Waals surface area contributed by atoms with Gasteiger partial charge in [-0.15, -0.1) is 11.3 Å². The molecule has 1 aromatic heterocycles. The normalized spacial score (nSPS) is 11.0. The Kier molecular flexibility index (Phi) is 3.14. The largest absolute Gasteiger partial charge is 0.129 e. The maximum Gasteiger partial charge on any atom is 0.0666 e.